The third-order valence-electron chi connectivity index (χ3n) is 8.35. The predicted octanol–water partition coefficient (Wildman–Crippen LogP) is 6.43. The summed E-state index contributed by atoms with van der Waals surface area (Å²) in [5.41, 5.74) is 5.62. The van der Waals surface area contributed by atoms with E-state index in [2.05, 4.69) is 79.3 Å². The second kappa shape index (κ2) is 12.5. The first kappa shape index (κ1) is 29.6. The van der Waals surface area contributed by atoms with Gasteiger partial charge in [0.05, 0.1) is 18.2 Å². The summed E-state index contributed by atoms with van der Waals surface area (Å²) >= 11 is 0. The number of aromatic nitrogens is 1. The van der Waals surface area contributed by atoms with Crippen molar-refractivity contribution < 1.29 is 14.7 Å². The van der Waals surface area contributed by atoms with Crippen LogP contribution in [0, 0.1) is 5.41 Å². The van der Waals surface area contributed by atoms with Gasteiger partial charge in [-0.1, -0.05) is 88.4 Å². The number of hydrogen-bond donors (Lipinski definition) is 3. The van der Waals surface area contributed by atoms with Crippen LogP contribution in [0.15, 0.2) is 79.0 Å². The SMILES string of the molecule is CC(CCN1c2ccc(C(=O)CC(C)(C)C)c3[nH]cc(c23)C[C@@H](CO)NC(=O)[C@@H]1Cc1ccccc1)c1ccccc1. The van der Waals surface area contributed by atoms with E-state index >= 15 is 0 Å². The number of aliphatic hydroxyl groups excluding tert-OH is 1. The average Bonchev–Trinajstić information content (AvgIpc) is 3.40. The minimum absolute atomic E-state index is 0.0968. The van der Waals surface area contributed by atoms with Gasteiger partial charge in [-0.05, 0) is 53.0 Å². The zero-order chi connectivity index (χ0) is 29.9. The molecule has 1 aromatic heterocycles. The summed E-state index contributed by atoms with van der Waals surface area (Å²) in [4.78, 5) is 33.2. The average molecular weight is 566 g/mol. The van der Waals surface area contributed by atoms with Crippen molar-refractivity contribution in [3.05, 3.63) is 101 Å². The predicted molar refractivity (Wildman–Crippen MR) is 170 cm³/mol. The van der Waals surface area contributed by atoms with Crippen LogP contribution in [0.5, 0.6) is 0 Å². The number of hydrogen-bond acceptors (Lipinski definition) is 4. The molecule has 6 nitrogen and oxygen atoms in total. The lowest BCUT2D eigenvalue weighted by Gasteiger charge is -2.35. The molecule has 0 saturated carbocycles. The fourth-order valence-corrected chi connectivity index (χ4v) is 6.14. The van der Waals surface area contributed by atoms with Gasteiger partial charge in [-0.15, -0.1) is 0 Å². The quantitative estimate of drug-likeness (QED) is 0.204. The maximum Gasteiger partial charge on any atom is 0.243 e. The zero-order valence-corrected chi connectivity index (χ0v) is 25.2. The third-order valence-corrected chi connectivity index (χ3v) is 8.35. The molecule has 2 heterocycles. The molecule has 6 heteroatoms. The van der Waals surface area contributed by atoms with Crippen molar-refractivity contribution in [3.63, 3.8) is 0 Å². The Morgan fingerprint density at radius 3 is 2.38 bits per heavy atom. The molecule has 1 amide bonds. The van der Waals surface area contributed by atoms with E-state index in [0.717, 1.165) is 34.1 Å². The molecule has 1 aliphatic heterocycles. The number of nitrogens with zero attached hydrogens (tertiary/aromatic N) is 1. The van der Waals surface area contributed by atoms with E-state index in [1.165, 1.54) is 5.56 Å². The number of amides is 1. The summed E-state index contributed by atoms with van der Waals surface area (Å²) in [6.45, 7) is 8.94. The minimum atomic E-state index is -0.496. The summed E-state index contributed by atoms with van der Waals surface area (Å²) in [7, 11) is 0. The number of benzene rings is 3. The number of aliphatic hydroxyl groups is 1. The number of aromatic amines is 1. The van der Waals surface area contributed by atoms with Gasteiger partial charge < -0.3 is 20.3 Å². The number of ketones is 1. The molecule has 0 radical (unpaired) electrons. The van der Waals surface area contributed by atoms with Gasteiger partial charge in [0.2, 0.25) is 5.91 Å². The molecule has 42 heavy (non-hydrogen) atoms. The largest absolute Gasteiger partial charge is 0.394 e. The summed E-state index contributed by atoms with van der Waals surface area (Å²) in [6, 6.07) is 23.6. The summed E-state index contributed by atoms with van der Waals surface area (Å²) in [5, 5.41) is 14.4. The van der Waals surface area contributed by atoms with Gasteiger partial charge in [0.25, 0.3) is 0 Å². The maximum absolute atomic E-state index is 14.0. The topological polar surface area (TPSA) is 85.4 Å². The van der Waals surface area contributed by atoms with E-state index in [-0.39, 0.29) is 23.7 Å². The normalized spacial score (nSPS) is 18.2. The molecule has 220 valence electrons. The van der Waals surface area contributed by atoms with E-state index < -0.39 is 12.1 Å². The molecule has 0 fully saturated rings. The number of H-pyrrole nitrogens is 1. The third kappa shape index (κ3) is 6.60. The molecular weight excluding hydrogens is 522 g/mol. The van der Waals surface area contributed by atoms with E-state index in [9.17, 15) is 14.7 Å². The van der Waals surface area contributed by atoms with Crippen molar-refractivity contribution in [3.8, 4) is 0 Å². The fourth-order valence-electron chi connectivity index (χ4n) is 6.14. The number of carbonyl (C=O) groups is 2. The molecule has 4 aromatic rings. The van der Waals surface area contributed by atoms with E-state index in [1.807, 2.05) is 42.6 Å². The van der Waals surface area contributed by atoms with Gasteiger partial charge in [-0.2, -0.15) is 0 Å². The van der Waals surface area contributed by atoms with E-state index in [0.29, 0.717) is 37.3 Å². The first-order valence-corrected chi connectivity index (χ1v) is 15.1. The maximum atomic E-state index is 14.0. The summed E-state index contributed by atoms with van der Waals surface area (Å²) < 4.78 is 0. The minimum Gasteiger partial charge on any atom is -0.394 e. The first-order valence-electron chi connectivity index (χ1n) is 15.1. The Kier molecular flexibility index (Phi) is 8.83. The molecule has 0 spiro atoms. The summed E-state index contributed by atoms with van der Waals surface area (Å²) in [6.07, 6.45) is 4.22. The smallest absolute Gasteiger partial charge is 0.243 e. The van der Waals surface area contributed by atoms with Crippen molar-refractivity contribution in [2.45, 2.75) is 71.4 Å². The van der Waals surface area contributed by atoms with E-state index in [1.54, 1.807) is 0 Å². The highest BCUT2D eigenvalue weighted by molar-refractivity contribution is 6.11. The molecule has 1 unspecified atom stereocenters. The molecule has 3 aromatic carbocycles. The zero-order valence-electron chi connectivity index (χ0n) is 25.2. The highest BCUT2D eigenvalue weighted by atomic mass is 16.3. The molecule has 0 saturated heterocycles. The fraction of sp³-hybridized carbons (Fsp3) is 0.389. The lowest BCUT2D eigenvalue weighted by molar-refractivity contribution is -0.123. The van der Waals surface area contributed by atoms with Crippen molar-refractivity contribution in [2.75, 3.05) is 18.1 Å². The second-order valence-corrected chi connectivity index (χ2v) is 12.9. The molecular formula is C36H43N3O3. The Morgan fingerprint density at radius 2 is 1.71 bits per heavy atom. The number of carbonyl (C=O) groups excluding carboxylic acids is 2. The van der Waals surface area contributed by atoms with Crippen LogP contribution in [0.2, 0.25) is 0 Å². The van der Waals surface area contributed by atoms with Crippen LogP contribution >= 0.6 is 0 Å². The van der Waals surface area contributed by atoms with Gasteiger partial charge >= 0.3 is 0 Å². The Labute approximate surface area is 249 Å². The molecule has 0 aliphatic carbocycles. The lowest BCUT2D eigenvalue weighted by atomic mass is 9.87. The highest BCUT2D eigenvalue weighted by Gasteiger charge is 2.33. The Morgan fingerprint density at radius 1 is 1.02 bits per heavy atom. The molecule has 5 rings (SSSR count). The number of rotatable bonds is 9. The summed E-state index contributed by atoms with van der Waals surface area (Å²) in [5.74, 6) is 0.291. The monoisotopic (exact) mass is 565 g/mol. The van der Waals surface area contributed by atoms with Crippen LogP contribution in [-0.2, 0) is 17.6 Å². The standard InChI is InChI=1S/C36H43N3O3/c1-24(26-13-9-6-10-14-26)17-18-39-30-16-15-29(32(41)21-36(2,3)4)34-33(30)27(22-37-34)20-28(23-40)38-35(42)31(39)19-25-11-7-5-8-12-25/h5-16,22,24,28,31,37,40H,17-21,23H2,1-4H3,(H,38,42)/t24?,28-,31-/m0/s1. The van der Waals surface area contributed by atoms with Crippen molar-refractivity contribution >= 4 is 28.3 Å². The van der Waals surface area contributed by atoms with Crippen LogP contribution < -0.4 is 10.2 Å². The molecule has 1 aliphatic rings. The molecule has 3 N–H and O–H groups in total. The number of anilines is 1. The van der Waals surface area contributed by atoms with Crippen molar-refractivity contribution in [2.24, 2.45) is 5.41 Å². The number of nitrogens with one attached hydrogen (secondary N) is 2. The Bertz CT molecular complexity index is 1520. The first-order chi connectivity index (χ1) is 20.1. The van der Waals surface area contributed by atoms with Gasteiger partial charge in [0.1, 0.15) is 6.04 Å². The van der Waals surface area contributed by atoms with Crippen molar-refractivity contribution in [1.82, 2.24) is 10.3 Å². The molecule has 0 bridgehead atoms. The second-order valence-electron chi connectivity index (χ2n) is 12.9. The highest BCUT2D eigenvalue weighted by Crippen LogP contribution is 2.37. The van der Waals surface area contributed by atoms with Crippen LogP contribution in [0.4, 0.5) is 5.69 Å². The molecule has 3 atom stereocenters. The van der Waals surface area contributed by atoms with Gasteiger partial charge in [-0.3, -0.25) is 9.59 Å². The van der Waals surface area contributed by atoms with Gasteiger partial charge in [0, 0.05) is 42.2 Å². The van der Waals surface area contributed by atoms with E-state index in [4.69, 9.17) is 0 Å². The van der Waals surface area contributed by atoms with Crippen LogP contribution in [0.25, 0.3) is 10.9 Å². The van der Waals surface area contributed by atoms with Crippen LogP contribution in [0.3, 0.4) is 0 Å². The Hall–Kier alpha value is -3.90. The van der Waals surface area contributed by atoms with Gasteiger partial charge in [-0.25, -0.2) is 0 Å². The lowest BCUT2D eigenvalue weighted by Crippen LogP contribution is -2.52. The van der Waals surface area contributed by atoms with Crippen LogP contribution in [-0.4, -0.2) is 47.0 Å². The van der Waals surface area contributed by atoms with Gasteiger partial charge in [0.15, 0.2) is 5.78 Å². The van der Waals surface area contributed by atoms with Crippen molar-refractivity contribution in [1.29, 1.82) is 0 Å². The number of Topliss-reactive ketones (excluding diaryl/α,β-unsaturated/α-hetero) is 1. The Balaban J connectivity index is 1.64. The van der Waals surface area contributed by atoms with Crippen LogP contribution in [0.1, 0.15) is 73.5 Å².